The molecule has 4 nitrogen and oxygen atoms in total. The van der Waals surface area contributed by atoms with Crippen molar-refractivity contribution < 1.29 is 18.7 Å². The predicted molar refractivity (Wildman–Crippen MR) is 70.2 cm³/mol. The van der Waals surface area contributed by atoms with Crippen molar-refractivity contribution in [1.82, 2.24) is 4.98 Å². The second-order valence-corrected chi connectivity index (χ2v) is 5.15. The van der Waals surface area contributed by atoms with Crippen molar-refractivity contribution in [2.75, 3.05) is 6.61 Å². The van der Waals surface area contributed by atoms with Gasteiger partial charge in [-0.25, -0.2) is 9.18 Å². The van der Waals surface area contributed by atoms with Crippen molar-refractivity contribution in [2.45, 2.75) is 33.3 Å². The Labute approximate surface area is 112 Å². The molecule has 0 aromatic carbocycles. The standard InChI is InChI=1S/C14H18FNO3/c1-9(2)10-6-16-7-11(15)13(10)18-8-12(17)19-14(3,4)5/h6-7H,1,8H2,2-5H3. The molecule has 19 heavy (non-hydrogen) atoms. The molecule has 0 bridgehead atoms. The summed E-state index contributed by atoms with van der Waals surface area (Å²) in [7, 11) is 0. The molecule has 0 N–H and O–H groups in total. The van der Waals surface area contributed by atoms with E-state index in [-0.39, 0.29) is 12.4 Å². The van der Waals surface area contributed by atoms with Crippen molar-refractivity contribution in [2.24, 2.45) is 0 Å². The van der Waals surface area contributed by atoms with E-state index in [0.29, 0.717) is 11.1 Å². The van der Waals surface area contributed by atoms with E-state index in [4.69, 9.17) is 9.47 Å². The number of aromatic nitrogens is 1. The van der Waals surface area contributed by atoms with Gasteiger partial charge in [-0.1, -0.05) is 6.58 Å². The fraction of sp³-hybridized carbons (Fsp3) is 0.429. The van der Waals surface area contributed by atoms with Gasteiger partial charge >= 0.3 is 5.97 Å². The van der Waals surface area contributed by atoms with E-state index in [2.05, 4.69) is 11.6 Å². The van der Waals surface area contributed by atoms with Gasteiger partial charge in [0.1, 0.15) is 5.60 Å². The third-order valence-corrected chi connectivity index (χ3v) is 2.07. The van der Waals surface area contributed by atoms with E-state index in [1.165, 1.54) is 6.20 Å². The summed E-state index contributed by atoms with van der Waals surface area (Å²) in [6.45, 7) is 10.3. The number of pyridine rings is 1. The van der Waals surface area contributed by atoms with Crippen LogP contribution < -0.4 is 4.74 Å². The van der Waals surface area contributed by atoms with Gasteiger partial charge in [-0.2, -0.15) is 0 Å². The molecule has 5 heteroatoms. The maximum Gasteiger partial charge on any atom is 0.344 e. The normalized spacial score (nSPS) is 11.0. The number of ether oxygens (including phenoxy) is 2. The van der Waals surface area contributed by atoms with Crippen LogP contribution in [0.3, 0.4) is 0 Å². The quantitative estimate of drug-likeness (QED) is 0.787. The Morgan fingerprint density at radius 2 is 2.05 bits per heavy atom. The van der Waals surface area contributed by atoms with Crippen molar-refractivity contribution in [3.05, 3.63) is 30.4 Å². The zero-order valence-electron chi connectivity index (χ0n) is 11.6. The van der Waals surface area contributed by atoms with Crippen molar-refractivity contribution in [3.63, 3.8) is 0 Å². The first kappa shape index (κ1) is 15.1. The molecule has 0 aliphatic heterocycles. The second-order valence-electron chi connectivity index (χ2n) is 5.15. The van der Waals surface area contributed by atoms with Crippen LogP contribution in [0.5, 0.6) is 5.75 Å². The summed E-state index contributed by atoms with van der Waals surface area (Å²) in [6, 6.07) is 0. The molecule has 0 amide bonds. The van der Waals surface area contributed by atoms with Gasteiger partial charge in [0.25, 0.3) is 0 Å². The molecule has 0 unspecified atom stereocenters. The number of allylic oxidation sites excluding steroid dienone is 1. The number of hydrogen-bond donors (Lipinski definition) is 0. The highest BCUT2D eigenvalue weighted by atomic mass is 19.1. The van der Waals surface area contributed by atoms with E-state index < -0.39 is 17.4 Å². The molecule has 0 spiro atoms. The van der Waals surface area contributed by atoms with Crippen molar-refractivity contribution >= 4 is 11.5 Å². The highest BCUT2D eigenvalue weighted by Crippen LogP contribution is 2.26. The summed E-state index contributed by atoms with van der Waals surface area (Å²) in [4.78, 5) is 15.2. The monoisotopic (exact) mass is 267 g/mol. The number of carbonyl (C=O) groups excluding carboxylic acids is 1. The third-order valence-electron chi connectivity index (χ3n) is 2.07. The summed E-state index contributed by atoms with van der Waals surface area (Å²) >= 11 is 0. The molecular weight excluding hydrogens is 249 g/mol. The maximum absolute atomic E-state index is 13.6. The van der Waals surface area contributed by atoms with Gasteiger partial charge in [0.2, 0.25) is 0 Å². The van der Waals surface area contributed by atoms with E-state index in [1.807, 2.05) is 0 Å². The number of carbonyl (C=O) groups is 1. The number of halogens is 1. The van der Waals surface area contributed by atoms with Crippen LogP contribution in [0.1, 0.15) is 33.3 Å². The minimum absolute atomic E-state index is 0.0339. The van der Waals surface area contributed by atoms with E-state index >= 15 is 0 Å². The summed E-state index contributed by atoms with van der Waals surface area (Å²) in [5, 5.41) is 0. The number of nitrogens with zero attached hydrogens (tertiary/aromatic N) is 1. The van der Waals surface area contributed by atoms with E-state index in [0.717, 1.165) is 6.20 Å². The maximum atomic E-state index is 13.6. The fourth-order valence-electron chi connectivity index (χ4n) is 1.38. The highest BCUT2D eigenvalue weighted by molar-refractivity contribution is 5.72. The van der Waals surface area contributed by atoms with Gasteiger partial charge in [-0.3, -0.25) is 4.98 Å². The van der Waals surface area contributed by atoms with Crippen LogP contribution in [-0.2, 0) is 9.53 Å². The molecule has 104 valence electrons. The molecule has 0 atom stereocenters. The Kier molecular flexibility index (Phi) is 4.64. The van der Waals surface area contributed by atoms with Crippen LogP contribution in [0.4, 0.5) is 4.39 Å². The van der Waals surface area contributed by atoms with Gasteiger partial charge in [-0.15, -0.1) is 0 Å². The van der Waals surface area contributed by atoms with Crippen molar-refractivity contribution in [1.29, 1.82) is 0 Å². The average molecular weight is 267 g/mol. The molecule has 0 fully saturated rings. The number of hydrogen-bond acceptors (Lipinski definition) is 4. The van der Waals surface area contributed by atoms with E-state index in [9.17, 15) is 9.18 Å². The first-order chi connectivity index (χ1) is 8.70. The molecule has 0 saturated carbocycles. The lowest BCUT2D eigenvalue weighted by atomic mass is 10.1. The lowest BCUT2D eigenvalue weighted by molar-refractivity contribution is -0.157. The highest BCUT2D eigenvalue weighted by Gasteiger charge is 2.18. The van der Waals surface area contributed by atoms with Crippen LogP contribution in [0, 0.1) is 5.82 Å². The topological polar surface area (TPSA) is 48.4 Å². The summed E-state index contributed by atoms with van der Waals surface area (Å²) in [5.41, 5.74) is 0.434. The molecule has 1 aromatic rings. The Morgan fingerprint density at radius 3 is 2.58 bits per heavy atom. The SMILES string of the molecule is C=C(C)c1cncc(F)c1OCC(=O)OC(C)(C)C. The smallest absolute Gasteiger partial charge is 0.344 e. The molecule has 1 heterocycles. The Balaban J connectivity index is 2.78. The first-order valence-electron chi connectivity index (χ1n) is 5.85. The van der Waals surface area contributed by atoms with Gasteiger partial charge in [0.05, 0.1) is 6.20 Å². The Hall–Kier alpha value is -1.91. The van der Waals surface area contributed by atoms with Gasteiger partial charge < -0.3 is 9.47 Å². The zero-order chi connectivity index (χ0) is 14.6. The largest absolute Gasteiger partial charge is 0.478 e. The molecular formula is C14H18FNO3. The van der Waals surface area contributed by atoms with Crippen molar-refractivity contribution in [3.8, 4) is 5.75 Å². The predicted octanol–water partition coefficient (Wildman–Crippen LogP) is 2.97. The number of rotatable bonds is 4. The zero-order valence-corrected chi connectivity index (χ0v) is 11.6. The first-order valence-corrected chi connectivity index (χ1v) is 5.85. The van der Waals surface area contributed by atoms with Crippen LogP contribution in [-0.4, -0.2) is 23.2 Å². The summed E-state index contributed by atoms with van der Waals surface area (Å²) < 4.78 is 23.9. The second kappa shape index (κ2) is 5.82. The Morgan fingerprint density at radius 1 is 1.42 bits per heavy atom. The lowest BCUT2D eigenvalue weighted by Crippen LogP contribution is -2.27. The minimum Gasteiger partial charge on any atom is -0.478 e. The average Bonchev–Trinajstić information content (AvgIpc) is 2.24. The van der Waals surface area contributed by atoms with Crippen LogP contribution in [0.2, 0.25) is 0 Å². The van der Waals surface area contributed by atoms with Crippen LogP contribution in [0.25, 0.3) is 5.57 Å². The van der Waals surface area contributed by atoms with E-state index in [1.54, 1.807) is 27.7 Å². The summed E-state index contributed by atoms with van der Waals surface area (Å²) in [5.74, 6) is -1.23. The van der Waals surface area contributed by atoms with Crippen LogP contribution >= 0.6 is 0 Å². The fourth-order valence-corrected chi connectivity index (χ4v) is 1.38. The third kappa shape index (κ3) is 4.69. The minimum atomic E-state index is -0.635. The lowest BCUT2D eigenvalue weighted by Gasteiger charge is -2.20. The molecule has 1 rings (SSSR count). The van der Waals surface area contributed by atoms with Gasteiger partial charge in [-0.05, 0) is 33.3 Å². The summed E-state index contributed by atoms with van der Waals surface area (Å²) in [6.07, 6.45) is 2.46. The Bertz CT molecular complexity index is 492. The molecule has 0 aliphatic rings. The van der Waals surface area contributed by atoms with Crippen LogP contribution in [0.15, 0.2) is 19.0 Å². The number of esters is 1. The molecule has 0 radical (unpaired) electrons. The molecule has 1 aromatic heterocycles. The van der Waals surface area contributed by atoms with Gasteiger partial charge in [0.15, 0.2) is 18.2 Å². The molecule has 0 saturated heterocycles. The molecule has 0 aliphatic carbocycles. The van der Waals surface area contributed by atoms with Gasteiger partial charge in [0, 0.05) is 11.8 Å².